The van der Waals surface area contributed by atoms with Crippen molar-refractivity contribution in [1.82, 2.24) is 9.62 Å². The van der Waals surface area contributed by atoms with Gasteiger partial charge in [-0.25, -0.2) is 12.7 Å². The minimum absolute atomic E-state index is 0.203. The zero-order valence-electron chi connectivity index (χ0n) is 13.8. The van der Waals surface area contributed by atoms with E-state index in [1.54, 1.807) is 31.4 Å². The Bertz CT molecular complexity index is 794. The van der Waals surface area contributed by atoms with Gasteiger partial charge in [-0.3, -0.25) is 4.79 Å². The van der Waals surface area contributed by atoms with E-state index in [-0.39, 0.29) is 23.1 Å². The van der Waals surface area contributed by atoms with Gasteiger partial charge in [-0.05, 0) is 29.8 Å². The first-order valence-electron chi connectivity index (χ1n) is 7.22. The van der Waals surface area contributed by atoms with Gasteiger partial charge in [-0.15, -0.1) is 0 Å². The lowest BCUT2D eigenvalue weighted by Crippen LogP contribution is -2.23. The van der Waals surface area contributed by atoms with Gasteiger partial charge in [0.05, 0.1) is 4.90 Å². The van der Waals surface area contributed by atoms with Crippen LogP contribution in [0.4, 0.5) is 0 Å². The second-order valence-electron chi connectivity index (χ2n) is 5.31. The van der Waals surface area contributed by atoms with E-state index >= 15 is 0 Å². The number of ether oxygens (including phenoxy) is 1. The number of hydrogen-bond donors (Lipinski definition) is 1. The van der Waals surface area contributed by atoms with E-state index in [1.165, 1.54) is 26.2 Å². The molecule has 0 atom stereocenters. The van der Waals surface area contributed by atoms with Gasteiger partial charge in [0.2, 0.25) is 10.0 Å². The maximum atomic E-state index is 12.0. The van der Waals surface area contributed by atoms with Crippen LogP contribution in [0.5, 0.6) is 0 Å². The van der Waals surface area contributed by atoms with Gasteiger partial charge >= 0.3 is 0 Å². The fourth-order valence-corrected chi connectivity index (χ4v) is 2.88. The molecule has 0 saturated carbocycles. The van der Waals surface area contributed by atoms with Crippen molar-refractivity contribution >= 4 is 15.9 Å². The minimum Gasteiger partial charge on any atom is -0.453 e. The molecule has 8 heteroatoms. The predicted octanol–water partition coefficient (Wildman–Crippen LogP) is 1.61. The highest BCUT2D eigenvalue weighted by Gasteiger charge is 2.16. The molecule has 0 bridgehead atoms. The van der Waals surface area contributed by atoms with Crippen LogP contribution >= 0.6 is 0 Å². The van der Waals surface area contributed by atoms with Gasteiger partial charge in [0.15, 0.2) is 5.76 Å². The number of rotatable bonds is 7. The predicted molar refractivity (Wildman–Crippen MR) is 87.9 cm³/mol. The Morgan fingerprint density at radius 1 is 1.17 bits per heavy atom. The van der Waals surface area contributed by atoms with Crippen molar-refractivity contribution in [1.29, 1.82) is 0 Å². The first-order valence-corrected chi connectivity index (χ1v) is 8.66. The summed E-state index contributed by atoms with van der Waals surface area (Å²) in [5.41, 5.74) is 0.782. The molecule has 2 rings (SSSR count). The Morgan fingerprint density at radius 2 is 1.83 bits per heavy atom. The zero-order valence-corrected chi connectivity index (χ0v) is 14.6. The van der Waals surface area contributed by atoms with E-state index < -0.39 is 10.0 Å². The smallest absolute Gasteiger partial charge is 0.287 e. The minimum atomic E-state index is -3.45. The number of benzene rings is 1. The second-order valence-corrected chi connectivity index (χ2v) is 7.46. The molecule has 7 nitrogen and oxygen atoms in total. The number of carbonyl (C=O) groups is 1. The molecule has 0 radical (unpaired) electrons. The molecule has 0 unspecified atom stereocenters. The lowest BCUT2D eigenvalue weighted by molar-refractivity contribution is 0.0914. The van der Waals surface area contributed by atoms with Gasteiger partial charge in [-0.1, -0.05) is 12.1 Å². The maximum absolute atomic E-state index is 12.0. The van der Waals surface area contributed by atoms with Gasteiger partial charge in [0, 0.05) is 27.7 Å². The molecule has 0 spiro atoms. The van der Waals surface area contributed by atoms with E-state index in [2.05, 4.69) is 5.32 Å². The Hall–Kier alpha value is -2.16. The standard InChI is InChI=1S/C16H20N2O5S/c1-18(2)24(20,21)14-7-4-12(5-8-14)10-17-16(19)15-9-6-13(23-15)11-22-3/h4-9H,10-11H2,1-3H3,(H,17,19). The third-order valence-corrected chi connectivity index (χ3v) is 5.16. The largest absolute Gasteiger partial charge is 0.453 e. The highest BCUT2D eigenvalue weighted by Crippen LogP contribution is 2.14. The molecule has 0 aliphatic heterocycles. The first-order chi connectivity index (χ1) is 11.3. The lowest BCUT2D eigenvalue weighted by atomic mass is 10.2. The van der Waals surface area contributed by atoms with E-state index in [4.69, 9.17) is 9.15 Å². The average Bonchev–Trinajstić information content (AvgIpc) is 3.02. The molecular formula is C16H20N2O5S. The molecule has 130 valence electrons. The van der Waals surface area contributed by atoms with Gasteiger partial charge in [-0.2, -0.15) is 0 Å². The van der Waals surface area contributed by atoms with Crippen LogP contribution in [0, 0.1) is 0 Å². The third-order valence-electron chi connectivity index (χ3n) is 3.33. The second kappa shape index (κ2) is 7.61. The van der Waals surface area contributed by atoms with Crippen molar-refractivity contribution in [2.75, 3.05) is 21.2 Å². The summed E-state index contributed by atoms with van der Waals surface area (Å²) in [5.74, 6) is 0.428. The molecule has 2 aromatic rings. The number of carbonyl (C=O) groups excluding carboxylic acids is 1. The molecule has 1 heterocycles. The number of hydrogen-bond acceptors (Lipinski definition) is 5. The molecule has 1 amide bonds. The van der Waals surface area contributed by atoms with Gasteiger partial charge < -0.3 is 14.5 Å². The van der Waals surface area contributed by atoms with Crippen LogP contribution in [0.1, 0.15) is 21.9 Å². The fraction of sp³-hybridized carbons (Fsp3) is 0.312. The van der Waals surface area contributed by atoms with Crippen molar-refractivity contribution in [3.05, 3.63) is 53.5 Å². The number of nitrogens with zero attached hydrogens (tertiary/aromatic N) is 1. The molecule has 0 aliphatic rings. The number of furan rings is 1. The van der Waals surface area contributed by atoms with Crippen LogP contribution in [0.3, 0.4) is 0 Å². The first kappa shape index (κ1) is 18.2. The highest BCUT2D eigenvalue weighted by molar-refractivity contribution is 7.89. The Kier molecular flexibility index (Phi) is 5.76. The molecular weight excluding hydrogens is 332 g/mol. The van der Waals surface area contributed by atoms with Crippen LogP contribution in [0.15, 0.2) is 45.7 Å². The van der Waals surface area contributed by atoms with Gasteiger partial charge in [0.1, 0.15) is 12.4 Å². The van der Waals surface area contributed by atoms with Crippen LogP contribution in [0.25, 0.3) is 0 Å². The van der Waals surface area contributed by atoms with E-state index in [0.717, 1.165) is 9.87 Å². The molecule has 1 aromatic carbocycles. The SMILES string of the molecule is COCc1ccc(C(=O)NCc2ccc(S(=O)(=O)N(C)C)cc2)o1. The van der Waals surface area contributed by atoms with Crippen molar-refractivity contribution in [3.63, 3.8) is 0 Å². The summed E-state index contributed by atoms with van der Waals surface area (Å²) in [7, 11) is 1.05. The number of sulfonamides is 1. The lowest BCUT2D eigenvalue weighted by Gasteiger charge is -2.11. The third kappa shape index (κ3) is 4.22. The van der Waals surface area contributed by atoms with Crippen molar-refractivity contribution in [2.24, 2.45) is 0 Å². The van der Waals surface area contributed by atoms with Crippen LogP contribution in [-0.4, -0.2) is 39.8 Å². The summed E-state index contributed by atoms with van der Waals surface area (Å²) in [4.78, 5) is 12.2. The normalized spacial score (nSPS) is 11.7. The number of amides is 1. The van der Waals surface area contributed by atoms with Crippen molar-refractivity contribution in [2.45, 2.75) is 18.0 Å². The summed E-state index contributed by atoms with van der Waals surface area (Å²) in [6, 6.07) is 9.61. The van der Waals surface area contributed by atoms with Crippen LogP contribution in [-0.2, 0) is 27.9 Å². The summed E-state index contributed by atoms with van der Waals surface area (Å²) in [5, 5.41) is 2.72. The molecule has 1 aromatic heterocycles. The Labute approximate surface area is 141 Å². The Balaban J connectivity index is 1.98. The summed E-state index contributed by atoms with van der Waals surface area (Å²) in [6.07, 6.45) is 0. The van der Waals surface area contributed by atoms with E-state index in [1.807, 2.05) is 0 Å². The van der Waals surface area contributed by atoms with Gasteiger partial charge in [0.25, 0.3) is 5.91 Å². The quantitative estimate of drug-likeness (QED) is 0.818. The van der Waals surface area contributed by atoms with E-state index in [0.29, 0.717) is 12.4 Å². The zero-order chi connectivity index (χ0) is 17.7. The topological polar surface area (TPSA) is 88.8 Å². The number of nitrogens with one attached hydrogen (secondary N) is 1. The summed E-state index contributed by atoms with van der Waals surface area (Å²) >= 11 is 0. The fourth-order valence-electron chi connectivity index (χ4n) is 1.98. The maximum Gasteiger partial charge on any atom is 0.287 e. The van der Waals surface area contributed by atoms with Crippen LogP contribution < -0.4 is 5.32 Å². The van der Waals surface area contributed by atoms with Crippen molar-refractivity contribution < 1.29 is 22.4 Å². The Morgan fingerprint density at radius 3 is 2.42 bits per heavy atom. The molecule has 1 N–H and O–H groups in total. The monoisotopic (exact) mass is 352 g/mol. The number of methoxy groups -OCH3 is 1. The van der Waals surface area contributed by atoms with Crippen molar-refractivity contribution in [3.8, 4) is 0 Å². The molecule has 0 saturated heterocycles. The summed E-state index contributed by atoms with van der Waals surface area (Å²) < 4.78 is 35.4. The highest BCUT2D eigenvalue weighted by atomic mass is 32.2. The molecule has 24 heavy (non-hydrogen) atoms. The summed E-state index contributed by atoms with van der Waals surface area (Å²) in [6.45, 7) is 0.566. The molecule has 0 aliphatic carbocycles. The molecule has 0 fully saturated rings. The van der Waals surface area contributed by atoms with E-state index in [9.17, 15) is 13.2 Å². The average molecular weight is 352 g/mol. The van der Waals surface area contributed by atoms with Crippen LogP contribution in [0.2, 0.25) is 0 Å².